The summed E-state index contributed by atoms with van der Waals surface area (Å²) in [5, 5.41) is 2.33. The Kier molecular flexibility index (Phi) is 3.46. The zero-order valence-corrected chi connectivity index (χ0v) is 12.0. The molecule has 1 saturated heterocycles. The third kappa shape index (κ3) is 2.23. The number of hydrogen-bond donors (Lipinski definition) is 1. The van der Waals surface area contributed by atoms with Crippen LogP contribution in [0.25, 0.3) is 11.0 Å². The number of aromatic amines is 1. The van der Waals surface area contributed by atoms with Crippen molar-refractivity contribution < 1.29 is 4.74 Å². The Morgan fingerprint density at radius 1 is 1.26 bits per heavy atom. The number of H-pyrrole nitrogens is 1. The first-order valence-corrected chi connectivity index (χ1v) is 7.34. The third-order valence-electron chi connectivity index (χ3n) is 3.57. The molecule has 1 aromatic heterocycles. The number of imidazole rings is 1. The van der Waals surface area contributed by atoms with Crippen LogP contribution >= 0.6 is 12.2 Å². The van der Waals surface area contributed by atoms with Crippen LogP contribution in [0.4, 0.5) is 0 Å². The van der Waals surface area contributed by atoms with E-state index in [0.29, 0.717) is 6.61 Å². The molecule has 1 aliphatic rings. The van der Waals surface area contributed by atoms with E-state index in [4.69, 9.17) is 17.0 Å². The molecule has 2 aromatic rings. The minimum atomic E-state index is 0.661. The maximum absolute atomic E-state index is 5.67. The summed E-state index contributed by atoms with van der Waals surface area (Å²) in [5.74, 6) is 0.877. The van der Waals surface area contributed by atoms with Crippen molar-refractivity contribution in [3.8, 4) is 5.75 Å². The van der Waals surface area contributed by atoms with E-state index < -0.39 is 0 Å². The molecule has 0 atom stereocenters. The van der Waals surface area contributed by atoms with Crippen LogP contribution in [-0.4, -0.2) is 29.4 Å². The number of rotatable bonds is 3. The summed E-state index contributed by atoms with van der Waals surface area (Å²) in [6.07, 6.45) is 3.79. The Labute approximate surface area is 118 Å². The van der Waals surface area contributed by atoms with Crippen molar-refractivity contribution >= 4 is 23.3 Å². The van der Waals surface area contributed by atoms with Crippen molar-refractivity contribution in [3.63, 3.8) is 0 Å². The maximum atomic E-state index is 5.67. The standard InChI is InChI=1S/C14H19N3OS/c1-2-18-12-8-6-7-11-13(12)15-14(19)17(11)16-9-4-3-5-10-16/h6-8H,2-5,9-10H2,1H3,(H,15,19). The minimum Gasteiger partial charge on any atom is -0.492 e. The van der Waals surface area contributed by atoms with Gasteiger partial charge in [-0.15, -0.1) is 0 Å². The molecule has 0 bridgehead atoms. The van der Waals surface area contributed by atoms with E-state index in [-0.39, 0.29) is 0 Å². The van der Waals surface area contributed by atoms with Gasteiger partial charge >= 0.3 is 0 Å². The average Bonchev–Trinajstić information content (AvgIpc) is 2.77. The van der Waals surface area contributed by atoms with Crippen molar-refractivity contribution in [2.75, 3.05) is 24.7 Å². The zero-order valence-electron chi connectivity index (χ0n) is 11.2. The summed E-state index contributed by atoms with van der Waals surface area (Å²) in [4.78, 5) is 3.29. The predicted molar refractivity (Wildman–Crippen MR) is 80.1 cm³/mol. The quantitative estimate of drug-likeness (QED) is 0.875. The first-order chi connectivity index (χ1) is 9.31. The molecule has 102 valence electrons. The molecule has 0 aliphatic carbocycles. The van der Waals surface area contributed by atoms with Crippen LogP contribution in [0.5, 0.6) is 5.75 Å². The number of aromatic nitrogens is 2. The van der Waals surface area contributed by atoms with Crippen molar-refractivity contribution in [3.05, 3.63) is 23.0 Å². The Morgan fingerprint density at radius 3 is 2.79 bits per heavy atom. The lowest BCUT2D eigenvalue weighted by atomic mass is 10.2. The van der Waals surface area contributed by atoms with Crippen molar-refractivity contribution in [1.29, 1.82) is 0 Å². The van der Waals surface area contributed by atoms with E-state index in [0.717, 1.165) is 34.6 Å². The first-order valence-electron chi connectivity index (χ1n) is 6.93. The summed E-state index contributed by atoms with van der Waals surface area (Å²) in [7, 11) is 0. The third-order valence-corrected chi connectivity index (χ3v) is 3.85. The fourth-order valence-electron chi connectivity index (χ4n) is 2.72. The molecule has 2 heterocycles. The Morgan fingerprint density at radius 2 is 2.05 bits per heavy atom. The molecule has 0 saturated carbocycles. The second kappa shape index (κ2) is 5.25. The fourth-order valence-corrected chi connectivity index (χ4v) is 3.04. The smallest absolute Gasteiger partial charge is 0.197 e. The van der Waals surface area contributed by atoms with E-state index in [1.165, 1.54) is 19.3 Å². The highest BCUT2D eigenvalue weighted by molar-refractivity contribution is 7.71. The monoisotopic (exact) mass is 277 g/mol. The lowest BCUT2D eigenvalue weighted by Crippen LogP contribution is -2.39. The van der Waals surface area contributed by atoms with E-state index in [1.807, 2.05) is 19.1 Å². The highest BCUT2D eigenvalue weighted by Gasteiger charge is 2.16. The van der Waals surface area contributed by atoms with Gasteiger partial charge in [0.05, 0.1) is 12.1 Å². The highest BCUT2D eigenvalue weighted by atomic mass is 32.1. The Hall–Kier alpha value is -1.49. The SMILES string of the molecule is CCOc1cccc2c1[nH]c(=S)n2N1CCCCC1. The van der Waals surface area contributed by atoms with Gasteiger partial charge in [0.1, 0.15) is 11.3 Å². The second-order valence-corrected chi connectivity index (χ2v) is 5.23. The number of benzene rings is 1. The molecule has 0 amide bonds. The number of hydrogen-bond acceptors (Lipinski definition) is 3. The highest BCUT2D eigenvalue weighted by Crippen LogP contribution is 2.25. The summed E-state index contributed by atoms with van der Waals surface area (Å²) in [5.41, 5.74) is 2.11. The number of ether oxygens (including phenoxy) is 1. The molecule has 19 heavy (non-hydrogen) atoms. The van der Waals surface area contributed by atoms with Gasteiger partial charge < -0.3 is 14.7 Å². The topological polar surface area (TPSA) is 33.2 Å². The van der Waals surface area contributed by atoms with Crippen LogP contribution < -0.4 is 9.75 Å². The summed E-state index contributed by atoms with van der Waals surface area (Å²) < 4.78 is 8.55. The van der Waals surface area contributed by atoms with Gasteiger partial charge in [0, 0.05) is 13.1 Å². The molecule has 3 rings (SSSR count). The fraction of sp³-hybridized carbons (Fsp3) is 0.500. The van der Waals surface area contributed by atoms with Gasteiger partial charge in [-0.3, -0.25) is 0 Å². The van der Waals surface area contributed by atoms with Gasteiger partial charge in [-0.25, -0.2) is 4.68 Å². The van der Waals surface area contributed by atoms with Crippen LogP contribution in [0.2, 0.25) is 0 Å². The first kappa shape index (κ1) is 12.5. The summed E-state index contributed by atoms with van der Waals surface area (Å²) in [6.45, 7) is 4.80. The lowest BCUT2D eigenvalue weighted by Gasteiger charge is -2.29. The summed E-state index contributed by atoms with van der Waals surface area (Å²) >= 11 is 5.49. The van der Waals surface area contributed by atoms with E-state index in [1.54, 1.807) is 0 Å². The van der Waals surface area contributed by atoms with Crippen molar-refractivity contribution in [2.24, 2.45) is 0 Å². The van der Waals surface area contributed by atoms with Crippen LogP contribution in [0.1, 0.15) is 26.2 Å². The maximum Gasteiger partial charge on any atom is 0.197 e. The van der Waals surface area contributed by atoms with E-state index in [2.05, 4.69) is 20.7 Å². The molecule has 5 heteroatoms. The lowest BCUT2D eigenvalue weighted by molar-refractivity contribution is 0.343. The molecule has 0 radical (unpaired) electrons. The van der Waals surface area contributed by atoms with Crippen molar-refractivity contribution in [2.45, 2.75) is 26.2 Å². The van der Waals surface area contributed by atoms with Crippen LogP contribution in [0.15, 0.2) is 18.2 Å². The van der Waals surface area contributed by atoms with Gasteiger partial charge in [-0.05, 0) is 50.5 Å². The van der Waals surface area contributed by atoms with Crippen LogP contribution in [0.3, 0.4) is 0 Å². The predicted octanol–water partition coefficient (Wildman–Crippen LogP) is 3.22. The van der Waals surface area contributed by atoms with Gasteiger partial charge in [0.15, 0.2) is 4.77 Å². The minimum absolute atomic E-state index is 0.661. The number of piperidine rings is 1. The molecule has 0 unspecified atom stereocenters. The number of nitrogens with zero attached hydrogens (tertiary/aromatic N) is 2. The Balaban J connectivity index is 2.11. The van der Waals surface area contributed by atoms with Gasteiger partial charge in [-0.2, -0.15) is 0 Å². The largest absolute Gasteiger partial charge is 0.492 e. The molecule has 4 nitrogen and oxygen atoms in total. The molecule has 1 fully saturated rings. The van der Waals surface area contributed by atoms with Gasteiger partial charge in [0.25, 0.3) is 0 Å². The van der Waals surface area contributed by atoms with E-state index in [9.17, 15) is 0 Å². The van der Waals surface area contributed by atoms with Crippen LogP contribution in [0, 0.1) is 4.77 Å². The van der Waals surface area contributed by atoms with Gasteiger partial charge in [0.2, 0.25) is 0 Å². The van der Waals surface area contributed by atoms with Gasteiger partial charge in [-0.1, -0.05) is 6.07 Å². The number of para-hydroxylation sites is 1. The Bertz CT molecular complexity index is 625. The van der Waals surface area contributed by atoms with Crippen LogP contribution in [-0.2, 0) is 0 Å². The second-order valence-electron chi connectivity index (χ2n) is 4.84. The molecule has 0 spiro atoms. The number of fused-ring (bicyclic) bond motifs is 1. The zero-order chi connectivity index (χ0) is 13.2. The molecule has 1 aromatic carbocycles. The van der Waals surface area contributed by atoms with Crippen molar-refractivity contribution in [1.82, 2.24) is 9.66 Å². The van der Waals surface area contributed by atoms with E-state index >= 15 is 0 Å². The molecule has 1 aliphatic heterocycles. The molecular weight excluding hydrogens is 258 g/mol. The average molecular weight is 277 g/mol. The molecule has 1 N–H and O–H groups in total. The summed E-state index contributed by atoms with van der Waals surface area (Å²) in [6, 6.07) is 6.10. The number of nitrogens with one attached hydrogen (secondary N) is 1. The normalized spacial score (nSPS) is 15.9. The molecular formula is C14H19N3OS.